The number of hydrogen-bond acceptors (Lipinski definition) is 16. The number of carbonyl (C=O) groups excluding carboxylic acids is 9. The normalized spacial score (nSPS) is 16.4. The van der Waals surface area contributed by atoms with E-state index in [0.717, 1.165) is 16.7 Å². The monoisotopic (exact) mass is 1420 g/mol. The second-order valence-corrected chi connectivity index (χ2v) is 27.9. The summed E-state index contributed by atoms with van der Waals surface area (Å²) in [7, 11) is 0. The smallest absolute Gasteiger partial charge is 0.326 e. The third-order valence-electron chi connectivity index (χ3n) is 17.9. The number of fused-ring (bicyclic) bond motifs is 1. The summed E-state index contributed by atoms with van der Waals surface area (Å²) in [6.07, 6.45) is 0.600. The number of phenolic OH excluding ortho intramolecular Hbond substituents is 2. The second-order valence-electron chi connectivity index (χ2n) is 27.9. The molecule has 24 N–H and O–H groups in total. The highest BCUT2D eigenvalue weighted by molar-refractivity contribution is 5.98. The lowest BCUT2D eigenvalue weighted by molar-refractivity contribution is -0.143. The third-order valence-corrected chi connectivity index (χ3v) is 17.9. The number of benzene rings is 3. The predicted molar refractivity (Wildman–Crippen MR) is 385 cm³/mol. The number of nitrogens with two attached hydrogens (primary N) is 7. The largest absolute Gasteiger partial charge is 0.508 e. The molecule has 1 saturated heterocycles. The van der Waals surface area contributed by atoms with Crippen molar-refractivity contribution < 1.29 is 63.3 Å². The summed E-state index contributed by atoms with van der Waals surface area (Å²) >= 11 is 0. The summed E-state index contributed by atoms with van der Waals surface area (Å²) in [5.74, 6) is -8.39. The van der Waals surface area contributed by atoms with E-state index in [1.807, 2.05) is 12.1 Å². The number of aliphatic imine (C=N–C) groups is 3. The fraction of sp³-hybridized carbons (Fsp3) is 0.557. The van der Waals surface area contributed by atoms with E-state index in [-0.39, 0.29) is 152 Å². The number of amides is 9. The molecule has 0 bridgehead atoms. The molecule has 102 heavy (non-hydrogen) atoms. The van der Waals surface area contributed by atoms with Crippen molar-refractivity contribution in [1.29, 1.82) is 0 Å². The number of nitrogens with one attached hydrogen (secondary N) is 7. The minimum absolute atomic E-state index is 0.0249. The van der Waals surface area contributed by atoms with Gasteiger partial charge < -0.3 is 102 Å². The SMILES string of the molecule is Cc1cc(O)cc(C)c1C[C@H](NC(=O)[C@@H]1CCCN1C(=O)[C@H](CCCN=C(N)N)NC(=O)[C@H](CCCN=C(N)N)NC(=O)CCN1Cc2ccccc2C[C@H](NC(=O)[C@@H](CCCN=C(N)N)NC(=O)[C@@H](N)Cc2c(C)cc(O)cc2C)C1=O)C(=O)N[C@H](C(=O)N[C@@H](CC(C)C)C(=O)O)C(C)(C)C. The van der Waals surface area contributed by atoms with Crippen LogP contribution in [0, 0.1) is 39.0 Å². The molecular weight excluding hydrogens is 1310 g/mol. The number of hydrogen-bond donors (Lipinski definition) is 17. The van der Waals surface area contributed by atoms with Gasteiger partial charge in [-0.25, -0.2) is 4.79 Å². The Morgan fingerprint density at radius 2 is 1.09 bits per heavy atom. The van der Waals surface area contributed by atoms with Crippen LogP contribution in [0.1, 0.15) is 143 Å². The van der Waals surface area contributed by atoms with Crippen LogP contribution in [-0.4, -0.2) is 189 Å². The van der Waals surface area contributed by atoms with Crippen molar-refractivity contribution in [1.82, 2.24) is 47.0 Å². The number of rotatable bonds is 36. The van der Waals surface area contributed by atoms with Crippen LogP contribution in [0.25, 0.3) is 0 Å². The molecular formula is C70H107N19O13. The van der Waals surface area contributed by atoms with Gasteiger partial charge in [0.05, 0.1) is 6.04 Å². The minimum Gasteiger partial charge on any atom is -0.508 e. The Labute approximate surface area is 595 Å². The van der Waals surface area contributed by atoms with E-state index in [1.54, 1.807) is 86.6 Å². The second kappa shape index (κ2) is 38.5. The molecule has 560 valence electrons. The Kier molecular flexibility index (Phi) is 31.1. The quantitative estimate of drug-likeness (QED) is 0.0191. The zero-order valence-corrected chi connectivity index (χ0v) is 60.0. The summed E-state index contributed by atoms with van der Waals surface area (Å²) in [5, 5.41) is 49.9. The van der Waals surface area contributed by atoms with Crippen molar-refractivity contribution in [3.05, 3.63) is 93.0 Å². The molecule has 0 unspecified atom stereocenters. The van der Waals surface area contributed by atoms with Gasteiger partial charge in [0.1, 0.15) is 59.8 Å². The van der Waals surface area contributed by atoms with Crippen molar-refractivity contribution in [2.75, 3.05) is 32.7 Å². The molecule has 3 aromatic carbocycles. The first-order valence-corrected chi connectivity index (χ1v) is 34.4. The van der Waals surface area contributed by atoms with Gasteiger partial charge in [0.25, 0.3) is 0 Å². The molecule has 1 fully saturated rings. The number of carboxylic acids is 1. The number of aryl methyl sites for hydroxylation is 4. The molecule has 2 aliphatic heterocycles. The van der Waals surface area contributed by atoms with Crippen LogP contribution < -0.4 is 77.4 Å². The lowest BCUT2D eigenvalue weighted by Crippen LogP contribution is -2.61. The third kappa shape index (κ3) is 25.4. The summed E-state index contributed by atoms with van der Waals surface area (Å²) in [5.41, 5.74) is 44.5. The van der Waals surface area contributed by atoms with Crippen LogP contribution in [0.4, 0.5) is 0 Å². The van der Waals surface area contributed by atoms with E-state index in [9.17, 15) is 58.5 Å². The number of carboxylic acid groups (broad SMARTS) is 1. The highest BCUT2D eigenvalue weighted by Gasteiger charge is 2.42. The van der Waals surface area contributed by atoms with Gasteiger partial charge in [0.15, 0.2) is 17.9 Å². The van der Waals surface area contributed by atoms with Gasteiger partial charge in [-0.2, -0.15) is 0 Å². The summed E-state index contributed by atoms with van der Waals surface area (Å²) in [6, 6.07) is 1.87. The first-order chi connectivity index (χ1) is 47.9. The molecule has 3 aromatic rings. The predicted octanol–water partition coefficient (Wildman–Crippen LogP) is -0.859. The average Bonchev–Trinajstić information content (AvgIpc) is 1.49. The minimum atomic E-state index is -1.41. The fourth-order valence-electron chi connectivity index (χ4n) is 12.6. The maximum atomic E-state index is 15.1. The van der Waals surface area contributed by atoms with Crippen molar-refractivity contribution >= 4 is 77.0 Å². The van der Waals surface area contributed by atoms with Gasteiger partial charge in [-0.3, -0.25) is 58.1 Å². The molecule has 0 saturated carbocycles. The van der Waals surface area contributed by atoms with Gasteiger partial charge in [-0.15, -0.1) is 0 Å². The Morgan fingerprint density at radius 3 is 1.60 bits per heavy atom. The number of aliphatic carboxylic acids is 1. The van der Waals surface area contributed by atoms with E-state index in [0.29, 0.717) is 34.2 Å². The van der Waals surface area contributed by atoms with E-state index >= 15 is 4.79 Å². The highest BCUT2D eigenvalue weighted by atomic mass is 16.4. The van der Waals surface area contributed by atoms with Crippen LogP contribution in [0.5, 0.6) is 11.5 Å². The Hall–Kier alpha value is -10.3. The van der Waals surface area contributed by atoms with Gasteiger partial charge >= 0.3 is 5.97 Å². The van der Waals surface area contributed by atoms with Crippen LogP contribution in [0.15, 0.2) is 63.5 Å². The molecule has 2 aliphatic rings. The topological polar surface area (TPSA) is 541 Å². The average molecular weight is 1420 g/mol. The molecule has 0 radical (unpaired) electrons. The van der Waals surface area contributed by atoms with Crippen molar-refractivity contribution in [2.45, 2.75) is 207 Å². The maximum Gasteiger partial charge on any atom is 0.326 e. The molecule has 0 aliphatic carbocycles. The van der Waals surface area contributed by atoms with E-state index < -0.39 is 119 Å². The first-order valence-electron chi connectivity index (χ1n) is 34.4. The number of likely N-dealkylation sites (tertiary alicyclic amines) is 1. The van der Waals surface area contributed by atoms with Crippen LogP contribution in [-0.2, 0) is 73.8 Å². The van der Waals surface area contributed by atoms with Crippen LogP contribution in [0.2, 0.25) is 0 Å². The van der Waals surface area contributed by atoms with Crippen molar-refractivity contribution in [2.24, 2.45) is 66.4 Å². The molecule has 2 heterocycles. The van der Waals surface area contributed by atoms with E-state index in [4.69, 9.17) is 40.1 Å². The molecule has 0 aromatic heterocycles. The maximum absolute atomic E-state index is 15.1. The lowest BCUT2D eigenvalue weighted by Gasteiger charge is -2.34. The summed E-state index contributed by atoms with van der Waals surface area (Å²) in [6.45, 7) is 15.7. The van der Waals surface area contributed by atoms with E-state index in [1.165, 1.54) is 21.9 Å². The Bertz CT molecular complexity index is 3530. The Morgan fingerprint density at radius 1 is 0.608 bits per heavy atom. The number of carbonyl (C=O) groups is 10. The molecule has 32 nitrogen and oxygen atoms in total. The van der Waals surface area contributed by atoms with Gasteiger partial charge in [-0.05, 0) is 172 Å². The number of nitrogens with zero attached hydrogens (tertiary/aromatic N) is 5. The van der Waals surface area contributed by atoms with Crippen molar-refractivity contribution in [3.8, 4) is 11.5 Å². The Balaban J connectivity index is 1.39. The fourth-order valence-corrected chi connectivity index (χ4v) is 12.6. The first kappa shape index (κ1) is 82.4. The summed E-state index contributed by atoms with van der Waals surface area (Å²) < 4.78 is 0. The van der Waals surface area contributed by atoms with Crippen LogP contribution in [0.3, 0.4) is 0 Å². The molecule has 0 spiro atoms. The number of guanidine groups is 3. The molecule has 5 rings (SSSR count). The van der Waals surface area contributed by atoms with Crippen LogP contribution >= 0.6 is 0 Å². The van der Waals surface area contributed by atoms with E-state index in [2.05, 4.69) is 52.2 Å². The van der Waals surface area contributed by atoms with Crippen molar-refractivity contribution in [3.63, 3.8) is 0 Å². The molecule has 9 amide bonds. The molecule has 32 heteroatoms. The van der Waals surface area contributed by atoms with Gasteiger partial charge in [0, 0.05) is 58.5 Å². The number of aromatic hydroxyl groups is 2. The lowest BCUT2D eigenvalue weighted by atomic mass is 9.85. The van der Waals surface area contributed by atoms with Gasteiger partial charge in [0.2, 0.25) is 53.2 Å². The molecule has 9 atom stereocenters. The zero-order chi connectivity index (χ0) is 75.9. The number of phenols is 2. The summed E-state index contributed by atoms with van der Waals surface area (Å²) in [4.78, 5) is 158. The zero-order valence-electron chi connectivity index (χ0n) is 60.0. The highest BCUT2D eigenvalue weighted by Crippen LogP contribution is 2.28. The van der Waals surface area contributed by atoms with Gasteiger partial charge in [-0.1, -0.05) is 58.9 Å². The standard InChI is InChI=1S/C70H107N19O13/c1-37(2)28-54(66(101)102)86-63(98)57(70(7,8)9)87-61(96)52(35-47-40(5)31-45(91)32-41(47)6)84-62(97)55-21-15-26-89(55)65(100)51(20-14-25-80-69(76)77)83-59(94)49(18-12-23-78-67(72)73)81-56(92)22-27-88-36-43-17-11-10-16-42(43)33-53(64(88)99)85-60(95)50(19-13-24-79-68(74)75)82-58(93)48(71)34-46-38(3)29-44(90)30-39(46)4/h10-11,16-17,29-32,37,48-55,57,90-91H,12-15,18-28,33-36,71H2,1-9H3,(H,81,92)(H,82,93)(H,83,94)(H,84,97)(H,85,95)(H,86,98)(H,87,96)(H,101,102)(H4,72,73,78)(H4,74,75,79)(H4,76,77,80)/t48-,49-,50+,51-,52-,53-,54-,55-,57+/m0/s1.